The molecule has 3 rings (SSSR count). The van der Waals surface area contributed by atoms with E-state index in [9.17, 15) is 4.79 Å². The number of nitrogens with zero attached hydrogens (tertiary/aromatic N) is 2. The van der Waals surface area contributed by atoms with Crippen molar-refractivity contribution in [2.45, 2.75) is 25.1 Å². The van der Waals surface area contributed by atoms with Crippen LogP contribution in [0.3, 0.4) is 0 Å². The van der Waals surface area contributed by atoms with Crippen molar-refractivity contribution in [3.63, 3.8) is 0 Å². The van der Waals surface area contributed by atoms with Gasteiger partial charge in [0.2, 0.25) is 5.91 Å². The second kappa shape index (κ2) is 8.22. The highest BCUT2D eigenvalue weighted by Crippen LogP contribution is 2.26. The zero-order chi connectivity index (χ0) is 17.6. The molecule has 2 aromatic heterocycles. The highest BCUT2D eigenvalue weighted by molar-refractivity contribution is 7.99. The second-order valence-corrected chi connectivity index (χ2v) is 6.68. The topological polar surface area (TPSA) is 81.2 Å². The summed E-state index contributed by atoms with van der Waals surface area (Å²) in [6.45, 7) is 2.24. The van der Waals surface area contributed by atoms with Gasteiger partial charge in [-0.05, 0) is 24.6 Å². The van der Waals surface area contributed by atoms with Crippen LogP contribution in [0.4, 0.5) is 0 Å². The van der Waals surface area contributed by atoms with Crippen LogP contribution in [0.25, 0.3) is 11.5 Å². The monoisotopic (exact) mass is 377 g/mol. The molecule has 0 atom stereocenters. The predicted molar refractivity (Wildman–Crippen MR) is 95.4 cm³/mol. The predicted octanol–water partition coefficient (Wildman–Crippen LogP) is 4.09. The number of aromatic nitrogens is 2. The van der Waals surface area contributed by atoms with E-state index in [1.54, 1.807) is 18.4 Å². The van der Waals surface area contributed by atoms with E-state index in [1.165, 1.54) is 11.8 Å². The Morgan fingerprint density at radius 2 is 2.12 bits per heavy atom. The number of thioether (sulfide) groups is 1. The van der Waals surface area contributed by atoms with E-state index in [0.29, 0.717) is 34.9 Å². The molecular weight excluding hydrogens is 362 g/mol. The van der Waals surface area contributed by atoms with Crippen LogP contribution < -0.4 is 5.32 Å². The number of halogens is 1. The Kier molecular flexibility index (Phi) is 5.78. The molecule has 0 aliphatic rings. The lowest BCUT2D eigenvalue weighted by Crippen LogP contribution is -2.23. The van der Waals surface area contributed by atoms with Crippen LogP contribution in [-0.4, -0.2) is 21.9 Å². The summed E-state index contributed by atoms with van der Waals surface area (Å²) in [6, 6.07) is 9.20. The lowest BCUT2D eigenvalue weighted by molar-refractivity contribution is -0.120. The summed E-state index contributed by atoms with van der Waals surface area (Å²) in [5.74, 6) is 1.62. The van der Waals surface area contributed by atoms with Crippen LogP contribution in [0, 0.1) is 6.92 Å². The number of benzene rings is 1. The molecule has 0 radical (unpaired) electrons. The van der Waals surface area contributed by atoms with Crippen LogP contribution in [0.15, 0.2) is 50.7 Å². The van der Waals surface area contributed by atoms with Crippen LogP contribution >= 0.6 is 23.4 Å². The number of carbonyl (C=O) groups excluding carboxylic acids is 1. The van der Waals surface area contributed by atoms with E-state index in [-0.39, 0.29) is 5.91 Å². The first-order chi connectivity index (χ1) is 12.1. The van der Waals surface area contributed by atoms with E-state index < -0.39 is 0 Å². The second-order valence-electron chi connectivity index (χ2n) is 5.23. The van der Waals surface area contributed by atoms with E-state index in [4.69, 9.17) is 20.4 Å². The third-order valence-electron chi connectivity index (χ3n) is 3.48. The molecule has 1 amide bonds. The van der Waals surface area contributed by atoms with Crippen molar-refractivity contribution in [3.8, 4) is 11.5 Å². The number of hydrogen-bond donors (Lipinski definition) is 1. The first-order valence-electron chi connectivity index (χ1n) is 7.64. The smallest absolute Gasteiger partial charge is 0.276 e. The van der Waals surface area contributed by atoms with Crippen molar-refractivity contribution in [3.05, 3.63) is 52.9 Å². The molecule has 0 bridgehead atoms. The zero-order valence-electron chi connectivity index (χ0n) is 13.5. The molecule has 0 unspecified atom stereocenters. The molecule has 0 aliphatic carbocycles. The maximum atomic E-state index is 11.9. The highest BCUT2D eigenvalue weighted by Gasteiger charge is 2.13. The Morgan fingerprint density at radius 3 is 2.88 bits per heavy atom. The first-order valence-corrected chi connectivity index (χ1v) is 9.00. The molecule has 1 aromatic carbocycles. The summed E-state index contributed by atoms with van der Waals surface area (Å²) in [6.07, 6.45) is 1.92. The summed E-state index contributed by atoms with van der Waals surface area (Å²) in [7, 11) is 0. The third-order valence-corrected chi connectivity index (χ3v) is 4.67. The Hall–Kier alpha value is -2.25. The van der Waals surface area contributed by atoms with Crippen LogP contribution in [0.5, 0.6) is 0 Å². The van der Waals surface area contributed by atoms with E-state index in [0.717, 1.165) is 16.9 Å². The fourth-order valence-corrected chi connectivity index (χ4v) is 3.04. The lowest BCUT2D eigenvalue weighted by atomic mass is 10.2. The summed E-state index contributed by atoms with van der Waals surface area (Å²) in [4.78, 5) is 11.9. The van der Waals surface area contributed by atoms with Gasteiger partial charge in [-0.1, -0.05) is 41.6 Å². The van der Waals surface area contributed by atoms with Gasteiger partial charge in [0.05, 0.1) is 11.8 Å². The Balaban J connectivity index is 1.44. The summed E-state index contributed by atoms with van der Waals surface area (Å²) in [5.41, 5.74) is 1.67. The number of rotatable bonds is 7. The minimum Gasteiger partial charge on any atom is -0.469 e. The summed E-state index contributed by atoms with van der Waals surface area (Å²) in [5, 5.41) is 11.9. The quantitative estimate of drug-likeness (QED) is 0.624. The highest BCUT2D eigenvalue weighted by atomic mass is 35.5. The lowest BCUT2D eigenvalue weighted by Gasteiger charge is -2.06. The van der Waals surface area contributed by atoms with E-state index in [2.05, 4.69) is 15.5 Å². The molecular formula is C17H16ClN3O3S. The van der Waals surface area contributed by atoms with Crippen molar-refractivity contribution in [1.82, 2.24) is 15.5 Å². The molecule has 130 valence electrons. The molecule has 2 heterocycles. The average molecular weight is 378 g/mol. The number of carbonyl (C=O) groups is 1. The molecule has 8 heteroatoms. The van der Waals surface area contributed by atoms with Crippen molar-refractivity contribution in [2.24, 2.45) is 0 Å². The molecule has 0 aliphatic heterocycles. The molecule has 0 spiro atoms. The average Bonchev–Trinajstić information content (AvgIpc) is 3.23. The van der Waals surface area contributed by atoms with Crippen LogP contribution in [0.2, 0.25) is 5.02 Å². The summed E-state index contributed by atoms with van der Waals surface area (Å²) < 4.78 is 10.8. The fourth-order valence-electron chi connectivity index (χ4n) is 2.14. The molecule has 6 nitrogen and oxygen atoms in total. The number of nitrogens with one attached hydrogen (secondary N) is 1. The van der Waals surface area contributed by atoms with Gasteiger partial charge in [0.25, 0.3) is 11.1 Å². The van der Waals surface area contributed by atoms with Crippen molar-refractivity contribution in [2.75, 3.05) is 5.75 Å². The van der Waals surface area contributed by atoms with Crippen molar-refractivity contribution < 1.29 is 13.6 Å². The standard InChI is InChI=1S/C17H16ClN3O3S/c1-11-13(6-8-23-11)16-20-21-17(24-16)25-9-7-15(22)19-10-12-4-2-3-5-14(12)18/h2-6,8H,7,9-10H2,1H3,(H,19,22). The minimum absolute atomic E-state index is 0.0576. The van der Waals surface area contributed by atoms with Crippen molar-refractivity contribution in [1.29, 1.82) is 0 Å². The van der Waals surface area contributed by atoms with Gasteiger partial charge in [0.1, 0.15) is 5.76 Å². The molecule has 1 N–H and O–H groups in total. The number of hydrogen-bond acceptors (Lipinski definition) is 6. The van der Waals surface area contributed by atoms with Crippen LogP contribution in [0.1, 0.15) is 17.7 Å². The maximum Gasteiger partial charge on any atom is 0.276 e. The van der Waals surface area contributed by atoms with Gasteiger partial charge in [-0.15, -0.1) is 10.2 Å². The molecule has 25 heavy (non-hydrogen) atoms. The number of amides is 1. The minimum atomic E-state index is -0.0576. The van der Waals surface area contributed by atoms with Gasteiger partial charge in [0.15, 0.2) is 0 Å². The van der Waals surface area contributed by atoms with Gasteiger partial charge < -0.3 is 14.2 Å². The van der Waals surface area contributed by atoms with Gasteiger partial charge in [-0.2, -0.15) is 0 Å². The zero-order valence-corrected chi connectivity index (χ0v) is 15.1. The third kappa shape index (κ3) is 4.64. The molecule has 0 fully saturated rings. The molecule has 3 aromatic rings. The van der Waals surface area contributed by atoms with E-state index in [1.807, 2.05) is 25.1 Å². The molecule has 0 saturated carbocycles. The van der Waals surface area contributed by atoms with Gasteiger partial charge in [-0.3, -0.25) is 4.79 Å². The largest absolute Gasteiger partial charge is 0.469 e. The SMILES string of the molecule is Cc1occc1-c1nnc(SCCC(=O)NCc2ccccc2Cl)o1. The first kappa shape index (κ1) is 17.6. The van der Waals surface area contributed by atoms with Gasteiger partial charge >= 0.3 is 0 Å². The Labute approximate surface area is 154 Å². The maximum absolute atomic E-state index is 11.9. The Bertz CT molecular complexity index is 862. The normalized spacial score (nSPS) is 10.8. The Morgan fingerprint density at radius 1 is 1.28 bits per heavy atom. The summed E-state index contributed by atoms with van der Waals surface area (Å²) >= 11 is 7.40. The van der Waals surface area contributed by atoms with Crippen molar-refractivity contribution >= 4 is 29.3 Å². The number of aryl methyl sites for hydroxylation is 1. The van der Waals surface area contributed by atoms with Gasteiger partial charge in [0, 0.05) is 23.7 Å². The van der Waals surface area contributed by atoms with Gasteiger partial charge in [-0.25, -0.2) is 0 Å². The fraction of sp³-hybridized carbons (Fsp3) is 0.235. The number of furan rings is 1. The van der Waals surface area contributed by atoms with E-state index >= 15 is 0 Å². The molecule has 0 saturated heterocycles. The van der Waals surface area contributed by atoms with Crippen LogP contribution in [-0.2, 0) is 11.3 Å².